The Morgan fingerprint density at radius 2 is 1.47 bits per heavy atom. The Balaban J connectivity index is 0.000000191. The lowest BCUT2D eigenvalue weighted by molar-refractivity contribution is 0.414. The highest BCUT2D eigenvalue weighted by Gasteiger charge is 1.89. The molecule has 0 radical (unpaired) electrons. The van der Waals surface area contributed by atoms with Crippen molar-refractivity contribution in [1.82, 2.24) is 0 Å². The van der Waals surface area contributed by atoms with Gasteiger partial charge < -0.3 is 9.47 Å². The van der Waals surface area contributed by atoms with E-state index in [1.54, 1.807) is 14.2 Å². The number of ether oxygens (including phenoxy) is 2. The first-order valence-corrected chi connectivity index (χ1v) is 6.43. The van der Waals surface area contributed by atoms with Gasteiger partial charge in [-0.05, 0) is 48.7 Å². The molecule has 0 aliphatic rings. The normalized spacial score (nSPS) is 9.26. The minimum absolute atomic E-state index is 0.926. The van der Waals surface area contributed by atoms with Crippen LogP contribution in [0.4, 0.5) is 0 Å². The summed E-state index contributed by atoms with van der Waals surface area (Å²) in [5.74, 6) is 1.85. The van der Waals surface area contributed by atoms with E-state index in [4.69, 9.17) is 9.47 Å². The summed E-state index contributed by atoms with van der Waals surface area (Å²) >= 11 is 0. The van der Waals surface area contributed by atoms with E-state index in [1.165, 1.54) is 11.1 Å². The molecule has 19 heavy (non-hydrogen) atoms. The van der Waals surface area contributed by atoms with E-state index in [9.17, 15) is 0 Å². The summed E-state index contributed by atoms with van der Waals surface area (Å²) in [7, 11) is 3.36. The van der Waals surface area contributed by atoms with Crippen LogP contribution in [0.3, 0.4) is 0 Å². The van der Waals surface area contributed by atoms with Crippen LogP contribution in [0.1, 0.15) is 18.1 Å². The van der Waals surface area contributed by atoms with Gasteiger partial charge in [0.05, 0.1) is 14.2 Å². The van der Waals surface area contributed by atoms with E-state index in [0.717, 1.165) is 17.9 Å². The zero-order chi connectivity index (χ0) is 14.1. The van der Waals surface area contributed by atoms with Gasteiger partial charge in [-0.3, -0.25) is 0 Å². The standard InChI is InChI=1S/C9H12O.C8H10O/c1-3-8-4-6-9(10-2)7-5-8;1-7-4-3-5-8(6-7)9-2/h4-7H,3H2,1-2H3;3-6H,1-2H3. The topological polar surface area (TPSA) is 18.5 Å². The lowest BCUT2D eigenvalue weighted by Crippen LogP contribution is -1.83. The van der Waals surface area contributed by atoms with Crippen LogP contribution >= 0.6 is 0 Å². The molecule has 2 rings (SSSR count). The molecular weight excluding hydrogens is 236 g/mol. The maximum absolute atomic E-state index is 5.01. The van der Waals surface area contributed by atoms with Gasteiger partial charge in [0.25, 0.3) is 0 Å². The predicted molar refractivity (Wildman–Crippen MR) is 80.1 cm³/mol. The number of rotatable bonds is 3. The summed E-state index contributed by atoms with van der Waals surface area (Å²) in [4.78, 5) is 0. The third-order valence-corrected chi connectivity index (χ3v) is 2.79. The van der Waals surface area contributed by atoms with Crippen LogP contribution in [0.2, 0.25) is 0 Å². The summed E-state index contributed by atoms with van der Waals surface area (Å²) in [6.07, 6.45) is 1.09. The molecule has 0 amide bonds. The second kappa shape index (κ2) is 8.20. The Labute approximate surface area is 116 Å². The molecule has 0 heterocycles. The Morgan fingerprint density at radius 1 is 0.842 bits per heavy atom. The predicted octanol–water partition coefficient (Wildman–Crippen LogP) is 4.26. The van der Waals surface area contributed by atoms with Gasteiger partial charge in [-0.15, -0.1) is 0 Å². The molecule has 2 nitrogen and oxygen atoms in total. The van der Waals surface area contributed by atoms with Crippen LogP contribution < -0.4 is 9.47 Å². The van der Waals surface area contributed by atoms with Crippen molar-refractivity contribution in [2.45, 2.75) is 20.3 Å². The Bertz CT molecular complexity index is 452. The van der Waals surface area contributed by atoms with E-state index < -0.39 is 0 Å². The highest BCUT2D eigenvalue weighted by molar-refractivity contribution is 5.27. The molecule has 0 atom stereocenters. The van der Waals surface area contributed by atoms with Gasteiger partial charge in [0.1, 0.15) is 11.5 Å². The zero-order valence-corrected chi connectivity index (χ0v) is 12.1. The lowest BCUT2D eigenvalue weighted by Gasteiger charge is -1.99. The average Bonchev–Trinajstić information content (AvgIpc) is 2.48. The molecular formula is C17H22O2. The van der Waals surface area contributed by atoms with Crippen LogP contribution in [0.5, 0.6) is 11.5 Å². The summed E-state index contributed by atoms with van der Waals surface area (Å²) in [5.41, 5.74) is 2.58. The van der Waals surface area contributed by atoms with Crippen LogP contribution in [-0.2, 0) is 6.42 Å². The number of benzene rings is 2. The quantitative estimate of drug-likeness (QED) is 0.819. The molecule has 2 heteroatoms. The summed E-state index contributed by atoms with van der Waals surface area (Å²) in [5, 5.41) is 0. The molecule has 0 fully saturated rings. The first-order chi connectivity index (χ1) is 9.19. The van der Waals surface area contributed by atoms with Gasteiger partial charge in [-0.25, -0.2) is 0 Å². The van der Waals surface area contributed by atoms with Crippen molar-refractivity contribution < 1.29 is 9.47 Å². The maximum Gasteiger partial charge on any atom is 0.119 e. The Morgan fingerprint density at radius 3 is 1.89 bits per heavy atom. The fourth-order valence-corrected chi connectivity index (χ4v) is 1.60. The fraction of sp³-hybridized carbons (Fsp3) is 0.294. The second-order valence-corrected chi connectivity index (χ2v) is 4.22. The zero-order valence-electron chi connectivity index (χ0n) is 12.1. The molecule has 2 aromatic rings. The largest absolute Gasteiger partial charge is 0.497 e. The minimum Gasteiger partial charge on any atom is -0.497 e. The first kappa shape index (κ1) is 15.1. The molecule has 102 valence electrons. The van der Waals surface area contributed by atoms with Gasteiger partial charge in [0.15, 0.2) is 0 Å². The lowest BCUT2D eigenvalue weighted by atomic mass is 10.2. The van der Waals surface area contributed by atoms with Crippen molar-refractivity contribution in [1.29, 1.82) is 0 Å². The number of methoxy groups -OCH3 is 2. The van der Waals surface area contributed by atoms with Crippen molar-refractivity contribution >= 4 is 0 Å². The maximum atomic E-state index is 5.01. The molecule has 0 N–H and O–H groups in total. The number of aryl methyl sites for hydroxylation is 2. The third-order valence-electron chi connectivity index (χ3n) is 2.79. The molecule has 0 aromatic heterocycles. The fourth-order valence-electron chi connectivity index (χ4n) is 1.60. The van der Waals surface area contributed by atoms with E-state index >= 15 is 0 Å². The number of hydrogen-bond acceptors (Lipinski definition) is 2. The van der Waals surface area contributed by atoms with E-state index in [-0.39, 0.29) is 0 Å². The van der Waals surface area contributed by atoms with E-state index in [0.29, 0.717) is 0 Å². The average molecular weight is 258 g/mol. The molecule has 0 aliphatic heterocycles. The van der Waals surface area contributed by atoms with Crippen molar-refractivity contribution in [2.75, 3.05) is 14.2 Å². The molecule has 0 saturated heterocycles. The smallest absolute Gasteiger partial charge is 0.119 e. The summed E-state index contributed by atoms with van der Waals surface area (Å²) in [6, 6.07) is 16.1. The molecule has 0 unspecified atom stereocenters. The van der Waals surface area contributed by atoms with Gasteiger partial charge in [0.2, 0.25) is 0 Å². The summed E-state index contributed by atoms with van der Waals surface area (Å²) < 4.78 is 10.0. The highest BCUT2D eigenvalue weighted by Crippen LogP contribution is 2.11. The number of hydrogen-bond donors (Lipinski definition) is 0. The Hall–Kier alpha value is -1.96. The molecule has 0 bridgehead atoms. The molecule has 2 aromatic carbocycles. The molecule has 0 aliphatic carbocycles. The Kier molecular flexibility index (Phi) is 6.51. The highest BCUT2D eigenvalue weighted by atomic mass is 16.5. The van der Waals surface area contributed by atoms with Gasteiger partial charge in [-0.2, -0.15) is 0 Å². The van der Waals surface area contributed by atoms with Gasteiger partial charge in [-0.1, -0.05) is 31.2 Å². The van der Waals surface area contributed by atoms with Crippen molar-refractivity contribution in [3.05, 3.63) is 59.7 Å². The van der Waals surface area contributed by atoms with Crippen LogP contribution in [0.25, 0.3) is 0 Å². The van der Waals surface area contributed by atoms with Gasteiger partial charge >= 0.3 is 0 Å². The SMILES string of the molecule is CCc1ccc(OC)cc1.COc1cccc(C)c1. The molecule has 0 spiro atoms. The van der Waals surface area contributed by atoms with Crippen LogP contribution in [0.15, 0.2) is 48.5 Å². The van der Waals surface area contributed by atoms with Crippen LogP contribution in [0, 0.1) is 6.92 Å². The third kappa shape index (κ3) is 5.47. The van der Waals surface area contributed by atoms with Crippen molar-refractivity contribution in [2.24, 2.45) is 0 Å². The molecule has 0 saturated carbocycles. The monoisotopic (exact) mass is 258 g/mol. The van der Waals surface area contributed by atoms with Crippen molar-refractivity contribution in [3.8, 4) is 11.5 Å². The second-order valence-electron chi connectivity index (χ2n) is 4.22. The van der Waals surface area contributed by atoms with Gasteiger partial charge in [0, 0.05) is 0 Å². The minimum atomic E-state index is 0.926. The first-order valence-electron chi connectivity index (χ1n) is 6.43. The van der Waals surface area contributed by atoms with E-state index in [1.807, 2.05) is 43.3 Å². The van der Waals surface area contributed by atoms with Crippen molar-refractivity contribution in [3.63, 3.8) is 0 Å². The van der Waals surface area contributed by atoms with Crippen LogP contribution in [-0.4, -0.2) is 14.2 Å². The summed E-state index contributed by atoms with van der Waals surface area (Å²) in [6.45, 7) is 4.18. The van der Waals surface area contributed by atoms with E-state index in [2.05, 4.69) is 19.1 Å².